The molecule has 0 bridgehead atoms. The molecule has 31 heavy (non-hydrogen) atoms. The SMILES string of the molecule is Cc1cc(Nc2cc(N3CC(N4CCOCC4)C3)nc(C=Cc3ccccc3)n2)n[nH]1. The summed E-state index contributed by atoms with van der Waals surface area (Å²) in [5, 5.41) is 10.5. The van der Waals surface area contributed by atoms with Crippen molar-refractivity contribution >= 4 is 29.6 Å². The predicted octanol–water partition coefficient (Wildman–Crippen LogP) is 2.94. The van der Waals surface area contributed by atoms with Gasteiger partial charge in [-0.2, -0.15) is 5.10 Å². The second-order valence-corrected chi connectivity index (χ2v) is 7.98. The van der Waals surface area contributed by atoms with Crippen molar-refractivity contribution in [2.24, 2.45) is 0 Å². The number of aryl methyl sites for hydroxylation is 1. The lowest BCUT2D eigenvalue weighted by Gasteiger charge is -2.47. The molecule has 0 aliphatic carbocycles. The molecule has 0 amide bonds. The number of hydrogen-bond acceptors (Lipinski definition) is 7. The van der Waals surface area contributed by atoms with Gasteiger partial charge in [-0.15, -0.1) is 0 Å². The molecule has 2 aliphatic heterocycles. The van der Waals surface area contributed by atoms with Crippen LogP contribution in [0.3, 0.4) is 0 Å². The molecule has 2 N–H and O–H groups in total. The Hall–Kier alpha value is -3.23. The largest absolute Gasteiger partial charge is 0.379 e. The average molecular weight is 418 g/mol. The van der Waals surface area contributed by atoms with E-state index in [1.807, 2.05) is 49.4 Å². The van der Waals surface area contributed by atoms with Crippen molar-refractivity contribution in [3.63, 3.8) is 0 Å². The maximum Gasteiger partial charge on any atom is 0.156 e. The molecule has 8 heteroatoms. The van der Waals surface area contributed by atoms with Crippen LogP contribution in [0.4, 0.5) is 17.5 Å². The predicted molar refractivity (Wildman–Crippen MR) is 122 cm³/mol. The highest BCUT2D eigenvalue weighted by Crippen LogP contribution is 2.26. The molecule has 0 radical (unpaired) electrons. The van der Waals surface area contributed by atoms with Gasteiger partial charge in [0.15, 0.2) is 11.6 Å². The number of rotatable bonds is 6. The minimum absolute atomic E-state index is 0.563. The van der Waals surface area contributed by atoms with E-state index in [1.165, 1.54) is 0 Å². The van der Waals surface area contributed by atoms with Crippen LogP contribution in [0, 0.1) is 6.92 Å². The Morgan fingerprint density at radius 2 is 1.84 bits per heavy atom. The van der Waals surface area contributed by atoms with Gasteiger partial charge in [-0.1, -0.05) is 36.4 Å². The van der Waals surface area contributed by atoms with Gasteiger partial charge in [0.05, 0.1) is 13.2 Å². The lowest BCUT2D eigenvalue weighted by molar-refractivity contribution is 0.0104. The smallest absolute Gasteiger partial charge is 0.156 e. The molecule has 1 aromatic carbocycles. The van der Waals surface area contributed by atoms with Gasteiger partial charge in [-0.3, -0.25) is 10.00 Å². The lowest BCUT2D eigenvalue weighted by atomic mass is 10.1. The minimum Gasteiger partial charge on any atom is -0.379 e. The van der Waals surface area contributed by atoms with E-state index in [2.05, 4.69) is 42.4 Å². The highest BCUT2D eigenvalue weighted by atomic mass is 16.5. The molecule has 2 aromatic heterocycles. The number of nitrogens with zero attached hydrogens (tertiary/aromatic N) is 5. The lowest BCUT2D eigenvalue weighted by Crippen LogP contribution is -2.61. The van der Waals surface area contributed by atoms with Gasteiger partial charge < -0.3 is 15.0 Å². The van der Waals surface area contributed by atoms with Crippen molar-refractivity contribution in [3.8, 4) is 0 Å². The summed E-state index contributed by atoms with van der Waals surface area (Å²) in [5.41, 5.74) is 2.11. The number of hydrogen-bond donors (Lipinski definition) is 2. The molecule has 0 unspecified atom stereocenters. The number of anilines is 3. The van der Waals surface area contributed by atoms with E-state index in [1.54, 1.807) is 0 Å². The zero-order chi connectivity index (χ0) is 21.0. The van der Waals surface area contributed by atoms with Crippen molar-refractivity contribution in [3.05, 3.63) is 59.5 Å². The summed E-state index contributed by atoms with van der Waals surface area (Å²) in [6, 6.07) is 14.7. The summed E-state index contributed by atoms with van der Waals surface area (Å²) in [4.78, 5) is 14.3. The Morgan fingerprint density at radius 3 is 2.58 bits per heavy atom. The standard InChI is InChI=1S/C23H27N7O/c1-17-13-22(28-27-17)25-21-14-23(30-15-19(16-30)29-9-11-31-12-10-29)26-20(24-21)8-7-18-5-3-2-4-6-18/h2-8,13-14,19H,9-12,15-16H2,1H3,(H2,24,25,26,27,28). The van der Waals surface area contributed by atoms with Crippen molar-refractivity contribution in [2.75, 3.05) is 49.6 Å². The number of nitrogens with one attached hydrogen (secondary N) is 2. The number of H-pyrrole nitrogens is 1. The first-order valence-corrected chi connectivity index (χ1v) is 10.7. The van der Waals surface area contributed by atoms with Gasteiger partial charge in [-0.25, -0.2) is 9.97 Å². The number of benzene rings is 1. The zero-order valence-electron chi connectivity index (χ0n) is 17.7. The van der Waals surface area contributed by atoms with E-state index in [0.29, 0.717) is 11.9 Å². The first-order valence-electron chi connectivity index (χ1n) is 10.7. The molecule has 160 valence electrons. The van der Waals surface area contributed by atoms with Crippen LogP contribution in [0.5, 0.6) is 0 Å². The van der Waals surface area contributed by atoms with Gasteiger partial charge in [-0.05, 0) is 18.6 Å². The van der Waals surface area contributed by atoms with Crippen LogP contribution in [0.15, 0.2) is 42.5 Å². The Kier molecular flexibility index (Phi) is 5.64. The van der Waals surface area contributed by atoms with E-state index in [9.17, 15) is 0 Å². The Bertz CT molecular complexity index is 1040. The van der Waals surface area contributed by atoms with Gasteiger partial charge in [0.25, 0.3) is 0 Å². The van der Waals surface area contributed by atoms with Crippen LogP contribution < -0.4 is 10.2 Å². The molecule has 0 spiro atoms. The number of aromatic nitrogens is 4. The molecule has 4 heterocycles. The molecule has 3 aromatic rings. The van der Waals surface area contributed by atoms with Crippen LogP contribution in [0.1, 0.15) is 17.1 Å². The van der Waals surface area contributed by atoms with Gasteiger partial charge in [0.2, 0.25) is 0 Å². The highest BCUT2D eigenvalue weighted by Gasteiger charge is 2.33. The van der Waals surface area contributed by atoms with E-state index < -0.39 is 0 Å². The number of ether oxygens (including phenoxy) is 1. The van der Waals surface area contributed by atoms with Crippen LogP contribution in [0.2, 0.25) is 0 Å². The van der Waals surface area contributed by atoms with E-state index >= 15 is 0 Å². The molecule has 5 rings (SSSR count). The molecule has 2 fully saturated rings. The Labute approximate surface area is 182 Å². The first kappa shape index (κ1) is 19.7. The van der Waals surface area contributed by atoms with Gasteiger partial charge in [0.1, 0.15) is 11.6 Å². The summed E-state index contributed by atoms with van der Waals surface area (Å²) in [6.07, 6.45) is 3.99. The van der Waals surface area contributed by atoms with Crippen molar-refractivity contribution in [2.45, 2.75) is 13.0 Å². The van der Waals surface area contributed by atoms with Gasteiger partial charge in [0, 0.05) is 50.0 Å². The molecule has 0 saturated carbocycles. The third-order valence-electron chi connectivity index (χ3n) is 5.66. The average Bonchev–Trinajstić information content (AvgIpc) is 3.17. The summed E-state index contributed by atoms with van der Waals surface area (Å²) in [7, 11) is 0. The van der Waals surface area contributed by atoms with E-state index in [-0.39, 0.29) is 0 Å². The minimum atomic E-state index is 0.563. The van der Waals surface area contributed by atoms with E-state index in [0.717, 1.165) is 68.1 Å². The molecule has 2 saturated heterocycles. The third kappa shape index (κ3) is 4.76. The molecular formula is C23H27N7O. The van der Waals surface area contributed by atoms with Gasteiger partial charge >= 0.3 is 0 Å². The molecular weight excluding hydrogens is 390 g/mol. The maximum atomic E-state index is 5.48. The first-order chi connectivity index (χ1) is 15.2. The Balaban J connectivity index is 1.36. The quantitative estimate of drug-likeness (QED) is 0.638. The van der Waals surface area contributed by atoms with Crippen molar-refractivity contribution < 1.29 is 4.74 Å². The van der Waals surface area contributed by atoms with Crippen LogP contribution in [0.25, 0.3) is 12.2 Å². The van der Waals surface area contributed by atoms with E-state index in [4.69, 9.17) is 9.72 Å². The summed E-state index contributed by atoms with van der Waals surface area (Å²) in [5.74, 6) is 3.09. The maximum absolute atomic E-state index is 5.48. The fourth-order valence-electron chi connectivity index (χ4n) is 3.92. The fraction of sp³-hybridized carbons (Fsp3) is 0.348. The molecule has 8 nitrogen and oxygen atoms in total. The van der Waals surface area contributed by atoms with Crippen molar-refractivity contribution in [1.29, 1.82) is 0 Å². The highest BCUT2D eigenvalue weighted by molar-refractivity contribution is 5.69. The molecule has 2 aliphatic rings. The number of morpholine rings is 1. The van der Waals surface area contributed by atoms with Crippen LogP contribution in [-0.2, 0) is 4.74 Å². The monoisotopic (exact) mass is 417 g/mol. The summed E-state index contributed by atoms with van der Waals surface area (Å²) in [6.45, 7) is 7.60. The summed E-state index contributed by atoms with van der Waals surface area (Å²) >= 11 is 0. The van der Waals surface area contributed by atoms with Crippen LogP contribution >= 0.6 is 0 Å². The number of aromatic amines is 1. The third-order valence-corrected chi connectivity index (χ3v) is 5.66. The molecule has 0 atom stereocenters. The Morgan fingerprint density at radius 1 is 1.03 bits per heavy atom. The second kappa shape index (κ2) is 8.87. The zero-order valence-corrected chi connectivity index (χ0v) is 17.7. The normalized spacial score (nSPS) is 17.8. The van der Waals surface area contributed by atoms with Crippen molar-refractivity contribution in [1.82, 2.24) is 25.1 Å². The summed E-state index contributed by atoms with van der Waals surface area (Å²) < 4.78 is 5.48. The fourth-order valence-corrected chi connectivity index (χ4v) is 3.92. The topological polar surface area (TPSA) is 82.2 Å². The van der Waals surface area contributed by atoms with Crippen LogP contribution in [-0.4, -0.2) is 70.5 Å². The second-order valence-electron chi connectivity index (χ2n) is 7.98.